The van der Waals surface area contributed by atoms with Crippen LogP contribution in [0.2, 0.25) is 0 Å². The van der Waals surface area contributed by atoms with Gasteiger partial charge in [0.05, 0.1) is 23.9 Å². The van der Waals surface area contributed by atoms with E-state index in [0.29, 0.717) is 17.0 Å². The van der Waals surface area contributed by atoms with Crippen molar-refractivity contribution in [3.8, 4) is 5.75 Å². The Bertz CT molecular complexity index is 807. The predicted octanol–water partition coefficient (Wildman–Crippen LogP) is 1.71. The van der Waals surface area contributed by atoms with Gasteiger partial charge in [0, 0.05) is 19.2 Å². The number of methoxy groups -OCH3 is 1. The van der Waals surface area contributed by atoms with Gasteiger partial charge in [-0.25, -0.2) is 13.1 Å². The highest BCUT2D eigenvalue weighted by Gasteiger charge is 2.17. The number of carbonyl (C=O) groups excluding carboxylic acids is 1. The van der Waals surface area contributed by atoms with Gasteiger partial charge < -0.3 is 10.1 Å². The van der Waals surface area contributed by atoms with E-state index in [9.17, 15) is 13.2 Å². The molecule has 1 amide bonds. The fourth-order valence-electron chi connectivity index (χ4n) is 2.09. The molecule has 24 heavy (non-hydrogen) atoms. The second-order valence-electron chi connectivity index (χ2n) is 5.07. The number of aromatic nitrogens is 1. The van der Waals surface area contributed by atoms with Gasteiger partial charge in [0.25, 0.3) is 0 Å². The second-order valence-corrected chi connectivity index (χ2v) is 6.80. The van der Waals surface area contributed by atoms with Crippen LogP contribution in [0.3, 0.4) is 0 Å². The minimum Gasteiger partial charge on any atom is -0.497 e. The number of nitrogens with one attached hydrogen (secondary N) is 2. The summed E-state index contributed by atoms with van der Waals surface area (Å²) in [5.41, 5.74) is 1.14. The molecule has 2 aromatic rings. The van der Waals surface area contributed by atoms with Crippen LogP contribution < -0.4 is 14.8 Å². The van der Waals surface area contributed by atoms with Crippen LogP contribution in [0.1, 0.15) is 12.0 Å². The second kappa shape index (κ2) is 7.89. The number of carbonyl (C=O) groups is 1. The molecule has 128 valence electrons. The molecule has 0 saturated heterocycles. The molecule has 0 atom stereocenters. The van der Waals surface area contributed by atoms with E-state index in [-0.39, 0.29) is 23.8 Å². The zero-order valence-corrected chi connectivity index (χ0v) is 14.3. The SMILES string of the molecule is COc1ccc(S(=O)(=O)NCCC(=O)Nc2cccnc2)c(C)c1. The number of aryl methyl sites for hydroxylation is 1. The lowest BCUT2D eigenvalue weighted by Crippen LogP contribution is -2.28. The van der Waals surface area contributed by atoms with Gasteiger partial charge in [0.2, 0.25) is 15.9 Å². The van der Waals surface area contributed by atoms with Crippen molar-refractivity contribution in [1.29, 1.82) is 0 Å². The first-order chi connectivity index (χ1) is 11.4. The standard InChI is InChI=1S/C16H19N3O4S/c1-12-10-14(23-2)5-6-15(12)24(21,22)18-9-7-16(20)19-13-4-3-8-17-11-13/h3-6,8,10-11,18H,7,9H2,1-2H3,(H,19,20). The van der Waals surface area contributed by atoms with Gasteiger partial charge in [-0.15, -0.1) is 0 Å². The summed E-state index contributed by atoms with van der Waals surface area (Å²) >= 11 is 0. The fourth-order valence-corrected chi connectivity index (χ4v) is 3.34. The maximum atomic E-state index is 12.3. The van der Waals surface area contributed by atoms with E-state index < -0.39 is 10.0 Å². The molecule has 0 saturated carbocycles. The molecule has 1 heterocycles. The minimum absolute atomic E-state index is 0.000101. The topological polar surface area (TPSA) is 97.4 Å². The largest absolute Gasteiger partial charge is 0.497 e. The summed E-state index contributed by atoms with van der Waals surface area (Å²) in [6.45, 7) is 1.69. The molecule has 2 N–H and O–H groups in total. The molecule has 0 aliphatic carbocycles. The summed E-state index contributed by atoms with van der Waals surface area (Å²) in [6, 6.07) is 8.10. The predicted molar refractivity (Wildman–Crippen MR) is 90.4 cm³/mol. The molecule has 1 aromatic heterocycles. The molecular weight excluding hydrogens is 330 g/mol. The van der Waals surface area contributed by atoms with Crippen LogP contribution in [-0.4, -0.2) is 33.0 Å². The van der Waals surface area contributed by atoms with Crippen LogP contribution in [0.4, 0.5) is 5.69 Å². The van der Waals surface area contributed by atoms with Crippen molar-refractivity contribution in [2.45, 2.75) is 18.2 Å². The molecule has 0 aliphatic rings. The molecule has 0 aliphatic heterocycles. The van der Waals surface area contributed by atoms with Crippen molar-refractivity contribution < 1.29 is 17.9 Å². The van der Waals surface area contributed by atoms with E-state index >= 15 is 0 Å². The van der Waals surface area contributed by atoms with Gasteiger partial charge >= 0.3 is 0 Å². The fraction of sp³-hybridized carbons (Fsp3) is 0.250. The molecule has 0 radical (unpaired) electrons. The van der Waals surface area contributed by atoms with Crippen molar-refractivity contribution in [3.05, 3.63) is 48.3 Å². The van der Waals surface area contributed by atoms with E-state index in [0.717, 1.165) is 0 Å². The minimum atomic E-state index is -3.68. The third kappa shape index (κ3) is 4.77. The number of pyridine rings is 1. The molecule has 7 nitrogen and oxygen atoms in total. The maximum absolute atomic E-state index is 12.3. The van der Waals surface area contributed by atoms with Crippen molar-refractivity contribution in [1.82, 2.24) is 9.71 Å². The highest BCUT2D eigenvalue weighted by Crippen LogP contribution is 2.20. The Morgan fingerprint density at radius 1 is 1.29 bits per heavy atom. The normalized spacial score (nSPS) is 11.1. The Morgan fingerprint density at radius 2 is 2.08 bits per heavy atom. The number of ether oxygens (including phenoxy) is 1. The third-order valence-corrected chi connectivity index (χ3v) is 4.88. The summed E-state index contributed by atoms with van der Waals surface area (Å²) < 4.78 is 32.1. The number of nitrogens with zero attached hydrogens (tertiary/aromatic N) is 1. The maximum Gasteiger partial charge on any atom is 0.240 e. The summed E-state index contributed by atoms with van der Waals surface area (Å²) in [6.07, 6.45) is 3.13. The number of amides is 1. The average Bonchev–Trinajstić information content (AvgIpc) is 2.55. The summed E-state index contributed by atoms with van der Waals surface area (Å²) in [5.74, 6) is 0.291. The first-order valence-electron chi connectivity index (χ1n) is 7.26. The van der Waals surface area contributed by atoms with Gasteiger partial charge in [-0.3, -0.25) is 9.78 Å². The lowest BCUT2D eigenvalue weighted by atomic mass is 10.2. The number of sulfonamides is 1. The van der Waals surface area contributed by atoms with Crippen molar-refractivity contribution in [3.63, 3.8) is 0 Å². The summed E-state index contributed by atoms with van der Waals surface area (Å²) in [4.78, 5) is 15.8. The molecule has 0 bridgehead atoms. The molecule has 0 unspecified atom stereocenters. The molecule has 0 fully saturated rings. The quantitative estimate of drug-likeness (QED) is 0.793. The number of hydrogen-bond acceptors (Lipinski definition) is 5. The molecule has 1 aromatic carbocycles. The van der Waals surface area contributed by atoms with Crippen LogP contribution in [0, 0.1) is 6.92 Å². The Morgan fingerprint density at radius 3 is 2.71 bits per heavy atom. The third-order valence-electron chi connectivity index (χ3n) is 3.26. The van der Waals surface area contributed by atoms with E-state index in [1.807, 2.05) is 0 Å². The lowest BCUT2D eigenvalue weighted by Gasteiger charge is -2.10. The first-order valence-corrected chi connectivity index (χ1v) is 8.75. The smallest absolute Gasteiger partial charge is 0.240 e. The highest BCUT2D eigenvalue weighted by atomic mass is 32.2. The molecule has 0 spiro atoms. The van der Waals surface area contributed by atoms with Crippen LogP contribution in [0.15, 0.2) is 47.6 Å². The summed E-state index contributed by atoms with van der Waals surface area (Å²) in [7, 11) is -2.17. The number of rotatable bonds is 7. The lowest BCUT2D eigenvalue weighted by molar-refractivity contribution is -0.116. The molecule has 2 rings (SSSR count). The summed E-state index contributed by atoms with van der Waals surface area (Å²) in [5, 5.41) is 2.64. The van der Waals surface area contributed by atoms with Crippen LogP contribution in [0.25, 0.3) is 0 Å². The van der Waals surface area contributed by atoms with Gasteiger partial charge in [0.15, 0.2) is 0 Å². The van der Waals surface area contributed by atoms with E-state index in [1.54, 1.807) is 37.4 Å². The Labute approximate surface area is 141 Å². The van der Waals surface area contributed by atoms with Crippen molar-refractivity contribution in [2.24, 2.45) is 0 Å². The number of hydrogen-bond donors (Lipinski definition) is 2. The van der Waals surface area contributed by atoms with Gasteiger partial charge in [-0.1, -0.05) is 0 Å². The monoisotopic (exact) mass is 349 g/mol. The van der Waals surface area contributed by atoms with Crippen LogP contribution in [0.5, 0.6) is 5.75 Å². The molecular formula is C16H19N3O4S. The zero-order valence-electron chi connectivity index (χ0n) is 13.4. The van der Waals surface area contributed by atoms with Gasteiger partial charge in [-0.05, 0) is 42.8 Å². The highest BCUT2D eigenvalue weighted by molar-refractivity contribution is 7.89. The first kappa shape index (κ1) is 17.9. The number of anilines is 1. The Hall–Kier alpha value is -2.45. The average molecular weight is 349 g/mol. The van der Waals surface area contributed by atoms with Crippen molar-refractivity contribution in [2.75, 3.05) is 19.0 Å². The van der Waals surface area contributed by atoms with E-state index in [2.05, 4.69) is 15.0 Å². The van der Waals surface area contributed by atoms with E-state index in [4.69, 9.17) is 4.74 Å². The van der Waals surface area contributed by atoms with Gasteiger partial charge in [-0.2, -0.15) is 0 Å². The Kier molecular flexibility index (Phi) is 5.88. The zero-order chi connectivity index (χ0) is 17.6. The van der Waals surface area contributed by atoms with Crippen LogP contribution in [-0.2, 0) is 14.8 Å². The number of benzene rings is 1. The van der Waals surface area contributed by atoms with E-state index in [1.165, 1.54) is 19.4 Å². The van der Waals surface area contributed by atoms with Gasteiger partial charge in [0.1, 0.15) is 5.75 Å². The Balaban J connectivity index is 1.92. The van der Waals surface area contributed by atoms with Crippen molar-refractivity contribution >= 4 is 21.6 Å². The molecule has 8 heteroatoms. The van der Waals surface area contributed by atoms with Crippen LogP contribution >= 0.6 is 0 Å².